The van der Waals surface area contributed by atoms with Crippen molar-refractivity contribution in [1.82, 2.24) is 4.90 Å². The Labute approximate surface area is 127 Å². The molecule has 1 heterocycles. The van der Waals surface area contributed by atoms with Crippen LogP contribution in [0.2, 0.25) is 5.02 Å². The quantitative estimate of drug-likeness (QED) is 0.833. The highest BCUT2D eigenvalue weighted by atomic mass is 35.5. The molecule has 0 unspecified atom stereocenters. The Balaban J connectivity index is 2.11. The molecule has 112 valence electrons. The van der Waals surface area contributed by atoms with Gasteiger partial charge in [0, 0.05) is 24.1 Å². The number of amides is 1. The van der Waals surface area contributed by atoms with Crippen LogP contribution in [0.15, 0.2) is 24.3 Å². The third kappa shape index (κ3) is 3.62. The first kappa shape index (κ1) is 15.5. The molecule has 1 aromatic carbocycles. The predicted octanol–water partition coefficient (Wildman–Crippen LogP) is 1.71. The number of aliphatic hydroxyl groups is 1. The number of rotatable bonds is 3. The Morgan fingerprint density at radius 3 is 2.76 bits per heavy atom. The average Bonchev–Trinajstić information content (AvgIpc) is 2.82. The second-order valence-corrected chi connectivity index (χ2v) is 5.48. The summed E-state index contributed by atoms with van der Waals surface area (Å²) >= 11 is 6.00. The van der Waals surface area contributed by atoms with Crippen LogP contribution in [-0.2, 0) is 9.59 Å². The van der Waals surface area contributed by atoms with E-state index in [-0.39, 0.29) is 13.0 Å². The number of carbonyl (C=O) groups is 2. The summed E-state index contributed by atoms with van der Waals surface area (Å²) < 4.78 is 0. The number of carbonyl (C=O) groups excluding carboxylic acids is 1. The maximum atomic E-state index is 12.1. The van der Waals surface area contributed by atoms with Crippen LogP contribution >= 0.6 is 11.6 Å². The molecule has 2 atom stereocenters. The fraction of sp³-hybridized carbons (Fsp3) is 0.333. The molecule has 0 aliphatic carbocycles. The van der Waals surface area contributed by atoms with Gasteiger partial charge >= 0.3 is 5.97 Å². The minimum atomic E-state index is -1.10. The maximum absolute atomic E-state index is 12.1. The molecule has 5 nitrogen and oxygen atoms in total. The smallest absolute Gasteiger partial charge is 0.326 e. The Morgan fingerprint density at radius 2 is 2.14 bits per heavy atom. The molecule has 0 bridgehead atoms. The fourth-order valence-electron chi connectivity index (χ4n) is 2.27. The summed E-state index contributed by atoms with van der Waals surface area (Å²) in [7, 11) is 0. The van der Waals surface area contributed by atoms with Crippen LogP contribution in [0.4, 0.5) is 0 Å². The second kappa shape index (κ2) is 6.28. The molecule has 2 N–H and O–H groups in total. The molecule has 21 heavy (non-hydrogen) atoms. The predicted molar refractivity (Wildman–Crippen MR) is 79.0 cm³/mol. The van der Waals surface area contributed by atoms with Gasteiger partial charge in [-0.05, 0) is 30.2 Å². The molecule has 1 fully saturated rings. The van der Waals surface area contributed by atoms with Gasteiger partial charge in [0.25, 0.3) is 0 Å². The Hall–Kier alpha value is -1.85. The minimum absolute atomic E-state index is 0.0365. The van der Waals surface area contributed by atoms with Crippen molar-refractivity contribution < 1.29 is 19.8 Å². The summed E-state index contributed by atoms with van der Waals surface area (Å²) in [4.78, 5) is 24.3. The average molecular weight is 310 g/mol. The Bertz CT molecular complexity index is 599. The molecule has 0 radical (unpaired) electrons. The van der Waals surface area contributed by atoms with E-state index in [1.807, 2.05) is 19.1 Å². The highest BCUT2D eigenvalue weighted by Crippen LogP contribution is 2.20. The topological polar surface area (TPSA) is 77.8 Å². The van der Waals surface area contributed by atoms with E-state index in [1.54, 1.807) is 12.1 Å². The van der Waals surface area contributed by atoms with Gasteiger partial charge in [0.2, 0.25) is 5.91 Å². The van der Waals surface area contributed by atoms with Crippen LogP contribution in [0.5, 0.6) is 0 Å². The lowest BCUT2D eigenvalue weighted by Crippen LogP contribution is -2.39. The number of aryl methyl sites for hydroxylation is 1. The molecule has 1 aliphatic heterocycles. The molecule has 1 amide bonds. The van der Waals surface area contributed by atoms with E-state index in [9.17, 15) is 14.7 Å². The second-order valence-electron chi connectivity index (χ2n) is 5.08. The van der Waals surface area contributed by atoms with Gasteiger partial charge in [-0.3, -0.25) is 4.79 Å². The first-order chi connectivity index (χ1) is 9.88. The van der Waals surface area contributed by atoms with Gasteiger partial charge in [-0.25, -0.2) is 4.79 Å². The number of carboxylic acids is 1. The van der Waals surface area contributed by atoms with Crippen molar-refractivity contribution in [2.24, 2.45) is 0 Å². The highest BCUT2D eigenvalue weighted by molar-refractivity contribution is 6.31. The lowest BCUT2D eigenvalue weighted by molar-refractivity contribution is -0.146. The van der Waals surface area contributed by atoms with Crippen molar-refractivity contribution >= 4 is 29.6 Å². The number of nitrogens with zero attached hydrogens (tertiary/aromatic N) is 1. The third-order valence-electron chi connectivity index (χ3n) is 3.46. The molecular formula is C15H16ClNO4. The molecule has 0 spiro atoms. The normalized spacial score (nSPS) is 22.0. The van der Waals surface area contributed by atoms with Crippen molar-refractivity contribution in [1.29, 1.82) is 0 Å². The molecular weight excluding hydrogens is 294 g/mol. The first-order valence-corrected chi connectivity index (χ1v) is 6.92. The van der Waals surface area contributed by atoms with Gasteiger partial charge in [0.15, 0.2) is 0 Å². The van der Waals surface area contributed by atoms with E-state index in [1.165, 1.54) is 11.0 Å². The lowest BCUT2D eigenvalue weighted by Gasteiger charge is -2.19. The number of aliphatic hydroxyl groups excluding tert-OH is 1. The largest absolute Gasteiger partial charge is 0.480 e. The number of likely N-dealkylation sites (tertiary alicyclic amines) is 1. The van der Waals surface area contributed by atoms with Crippen LogP contribution in [0.25, 0.3) is 6.08 Å². The van der Waals surface area contributed by atoms with Gasteiger partial charge in [0.05, 0.1) is 6.10 Å². The summed E-state index contributed by atoms with van der Waals surface area (Å²) in [6.07, 6.45) is 2.15. The SMILES string of the molecule is Cc1ccc(C=CC(=O)N2C[C@H](O)C[C@H]2C(=O)O)cc1Cl. The molecule has 6 heteroatoms. The van der Waals surface area contributed by atoms with E-state index in [0.29, 0.717) is 5.02 Å². The zero-order valence-electron chi connectivity index (χ0n) is 11.5. The number of hydrogen-bond acceptors (Lipinski definition) is 3. The van der Waals surface area contributed by atoms with E-state index in [4.69, 9.17) is 16.7 Å². The summed E-state index contributed by atoms with van der Waals surface area (Å²) in [5.74, 6) is -1.54. The van der Waals surface area contributed by atoms with Gasteiger partial charge in [-0.15, -0.1) is 0 Å². The van der Waals surface area contributed by atoms with Crippen molar-refractivity contribution in [3.63, 3.8) is 0 Å². The molecule has 0 saturated carbocycles. The summed E-state index contributed by atoms with van der Waals surface area (Å²) in [6, 6.07) is 4.41. The molecule has 1 aromatic rings. The Kier molecular flexibility index (Phi) is 4.65. The third-order valence-corrected chi connectivity index (χ3v) is 3.87. The van der Waals surface area contributed by atoms with Crippen LogP contribution in [0.1, 0.15) is 17.5 Å². The van der Waals surface area contributed by atoms with Crippen LogP contribution in [0.3, 0.4) is 0 Å². The summed E-state index contributed by atoms with van der Waals surface area (Å²) in [6.45, 7) is 1.92. The molecule has 1 aliphatic rings. The molecule has 0 aromatic heterocycles. The standard InChI is InChI=1S/C15H16ClNO4/c1-9-2-3-10(6-12(9)16)4-5-14(19)17-8-11(18)7-13(17)15(20)21/h2-6,11,13,18H,7-8H2,1H3,(H,20,21)/t11-,13+/m1/s1. The number of aliphatic carboxylic acids is 1. The van der Waals surface area contributed by atoms with Gasteiger partial charge in [-0.1, -0.05) is 23.7 Å². The number of benzene rings is 1. The van der Waals surface area contributed by atoms with E-state index >= 15 is 0 Å². The molecule has 1 saturated heterocycles. The maximum Gasteiger partial charge on any atom is 0.326 e. The Morgan fingerprint density at radius 1 is 1.43 bits per heavy atom. The zero-order valence-corrected chi connectivity index (χ0v) is 12.2. The van der Waals surface area contributed by atoms with Crippen molar-refractivity contribution in [2.75, 3.05) is 6.54 Å². The van der Waals surface area contributed by atoms with E-state index < -0.39 is 24.0 Å². The van der Waals surface area contributed by atoms with Crippen LogP contribution in [-0.4, -0.2) is 45.7 Å². The number of carboxylic acid groups (broad SMARTS) is 1. The van der Waals surface area contributed by atoms with Crippen molar-refractivity contribution in [3.05, 3.63) is 40.4 Å². The number of β-amino-alcohol motifs (C(OH)–C–C–N with tert-alkyl or cyclic N) is 1. The number of hydrogen-bond donors (Lipinski definition) is 2. The minimum Gasteiger partial charge on any atom is -0.480 e. The first-order valence-electron chi connectivity index (χ1n) is 6.54. The van der Waals surface area contributed by atoms with Gasteiger partial charge in [-0.2, -0.15) is 0 Å². The van der Waals surface area contributed by atoms with E-state index in [0.717, 1.165) is 11.1 Å². The van der Waals surface area contributed by atoms with E-state index in [2.05, 4.69) is 0 Å². The number of halogens is 1. The van der Waals surface area contributed by atoms with Gasteiger partial charge < -0.3 is 15.1 Å². The highest BCUT2D eigenvalue weighted by Gasteiger charge is 2.37. The van der Waals surface area contributed by atoms with Gasteiger partial charge in [0.1, 0.15) is 6.04 Å². The van der Waals surface area contributed by atoms with Crippen molar-refractivity contribution in [3.8, 4) is 0 Å². The lowest BCUT2D eigenvalue weighted by atomic mass is 10.1. The zero-order chi connectivity index (χ0) is 15.6. The van der Waals surface area contributed by atoms with Crippen molar-refractivity contribution in [2.45, 2.75) is 25.5 Å². The summed E-state index contributed by atoms with van der Waals surface area (Å²) in [5, 5.41) is 19.2. The monoisotopic (exact) mass is 309 g/mol. The fourth-order valence-corrected chi connectivity index (χ4v) is 2.46. The van der Waals surface area contributed by atoms with Crippen LogP contribution < -0.4 is 0 Å². The molecule has 2 rings (SSSR count). The summed E-state index contributed by atoms with van der Waals surface area (Å²) in [5.41, 5.74) is 1.69. The van der Waals surface area contributed by atoms with Crippen LogP contribution in [0, 0.1) is 6.92 Å².